The van der Waals surface area contributed by atoms with Gasteiger partial charge in [0.15, 0.2) is 0 Å². The van der Waals surface area contributed by atoms with E-state index in [4.69, 9.17) is 18.9 Å². The highest BCUT2D eigenvalue weighted by Gasteiger charge is 2.42. The summed E-state index contributed by atoms with van der Waals surface area (Å²) in [5.74, 6) is -5.35. The molecule has 2 N–H and O–H groups in total. The van der Waals surface area contributed by atoms with E-state index in [1.165, 1.54) is 13.8 Å². The van der Waals surface area contributed by atoms with E-state index in [1.807, 2.05) is 20.8 Å². The number of ether oxygens (including phenoxy) is 4. The van der Waals surface area contributed by atoms with E-state index in [2.05, 4.69) is 23.8 Å². The Balaban J connectivity index is 2.55. The maximum absolute atomic E-state index is 12.4. The lowest BCUT2D eigenvalue weighted by Crippen LogP contribution is -2.52. The SMILES string of the molecule is C=C(C)C(=O)OCCOC(=O)C(=O)NCC1(C)CC(NC(=O)C(=O)OCCOC(=O)C(=C)C)CC(C)(C)C1. The molecule has 0 spiro atoms. The zero-order valence-electron chi connectivity index (χ0n) is 22.7. The van der Waals surface area contributed by atoms with Crippen LogP contribution in [0.4, 0.5) is 0 Å². The fraction of sp³-hybridized carbons (Fsp3) is 0.615. The van der Waals surface area contributed by atoms with Crippen LogP contribution in [-0.4, -0.2) is 74.7 Å². The van der Waals surface area contributed by atoms with Crippen LogP contribution in [0.25, 0.3) is 0 Å². The van der Waals surface area contributed by atoms with Crippen LogP contribution in [0.5, 0.6) is 0 Å². The summed E-state index contributed by atoms with van der Waals surface area (Å²) in [4.78, 5) is 71.2. The smallest absolute Gasteiger partial charge is 0.396 e. The quantitative estimate of drug-likeness (QED) is 0.128. The number of carbonyl (C=O) groups is 6. The zero-order valence-corrected chi connectivity index (χ0v) is 22.7. The summed E-state index contributed by atoms with van der Waals surface area (Å²) in [5, 5.41) is 5.23. The van der Waals surface area contributed by atoms with Gasteiger partial charge in [0, 0.05) is 23.7 Å². The minimum absolute atomic E-state index is 0.125. The van der Waals surface area contributed by atoms with Gasteiger partial charge in [-0.3, -0.25) is 9.59 Å². The number of esters is 4. The van der Waals surface area contributed by atoms with Crippen LogP contribution in [0.2, 0.25) is 0 Å². The zero-order chi connectivity index (χ0) is 29.1. The van der Waals surface area contributed by atoms with Crippen LogP contribution in [0.1, 0.15) is 53.9 Å². The van der Waals surface area contributed by atoms with Gasteiger partial charge in [-0.2, -0.15) is 0 Å². The second-order valence-corrected chi connectivity index (χ2v) is 10.5. The standard InChI is InChI=1S/C26H38N2O10/c1-16(2)21(31)35-8-10-37-23(33)19(29)27-15-26(7)13-18(12-25(5,6)14-26)28-20(30)24(34)38-11-9-36-22(32)17(3)4/h18H,1,3,8-15H2,2,4-7H3,(H,27,29)(H,28,30). The summed E-state index contributed by atoms with van der Waals surface area (Å²) in [5.41, 5.74) is -0.352. The van der Waals surface area contributed by atoms with Gasteiger partial charge >= 0.3 is 35.7 Å². The van der Waals surface area contributed by atoms with Crippen LogP contribution in [0.3, 0.4) is 0 Å². The highest BCUT2D eigenvalue weighted by Crippen LogP contribution is 2.45. The van der Waals surface area contributed by atoms with Gasteiger partial charge in [0.25, 0.3) is 0 Å². The van der Waals surface area contributed by atoms with E-state index < -0.39 is 47.1 Å². The van der Waals surface area contributed by atoms with Crippen molar-refractivity contribution in [3.8, 4) is 0 Å². The number of hydrogen-bond donors (Lipinski definition) is 2. The predicted octanol–water partition coefficient (Wildman–Crippen LogP) is 1.13. The molecule has 2 atom stereocenters. The van der Waals surface area contributed by atoms with E-state index in [0.29, 0.717) is 19.3 Å². The summed E-state index contributed by atoms with van der Waals surface area (Å²) in [6.07, 6.45) is 1.69. The molecule has 0 aliphatic heterocycles. The molecular weight excluding hydrogens is 500 g/mol. The Morgan fingerprint density at radius 2 is 1.13 bits per heavy atom. The maximum atomic E-state index is 12.4. The number of nitrogens with one attached hydrogen (secondary N) is 2. The van der Waals surface area contributed by atoms with Crippen molar-refractivity contribution in [2.24, 2.45) is 10.8 Å². The van der Waals surface area contributed by atoms with Crippen molar-refractivity contribution >= 4 is 35.7 Å². The molecule has 0 saturated heterocycles. The van der Waals surface area contributed by atoms with Crippen LogP contribution in [0, 0.1) is 10.8 Å². The Morgan fingerprint density at radius 3 is 1.58 bits per heavy atom. The summed E-state index contributed by atoms with van der Waals surface area (Å²) in [6, 6.07) is -0.392. The van der Waals surface area contributed by atoms with E-state index in [0.717, 1.165) is 0 Å². The molecule has 212 valence electrons. The number of amides is 2. The van der Waals surface area contributed by atoms with Crippen LogP contribution in [-0.2, 0) is 47.7 Å². The lowest BCUT2D eigenvalue weighted by Gasteiger charge is -2.46. The van der Waals surface area contributed by atoms with Crippen molar-refractivity contribution in [3.05, 3.63) is 24.3 Å². The van der Waals surface area contributed by atoms with Crippen molar-refractivity contribution in [3.63, 3.8) is 0 Å². The molecule has 1 aliphatic carbocycles. The molecule has 1 rings (SSSR count). The van der Waals surface area contributed by atoms with Crippen molar-refractivity contribution in [2.75, 3.05) is 33.0 Å². The highest BCUT2D eigenvalue weighted by atomic mass is 16.6. The van der Waals surface area contributed by atoms with Crippen LogP contribution in [0.15, 0.2) is 24.3 Å². The fourth-order valence-corrected chi connectivity index (χ4v) is 4.40. The van der Waals surface area contributed by atoms with Gasteiger partial charge in [0.05, 0.1) is 0 Å². The first-order valence-corrected chi connectivity index (χ1v) is 12.1. The van der Waals surface area contributed by atoms with Crippen molar-refractivity contribution < 1.29 is 47.7 Å². The van der Waals surface area contributed by atoms with E-state index >= 15 is 0 Å². The molecule has 0 aromatic heterocycles. The van der Waals surface area contributed by atoms with Gasteiger partial charge in [-0.25, -0.2) is 19.2 Å². The Labute approximate surface area is 222 Å². The average Bonchev–Trinajstić information content (AvgIpc) is 2.80. The van der Waals surface area contributed by atoms with Crippen molar-refractivity contribution in [1.82, 2.24) is 10.6 Å². The normalized spacial score (nSPS) is 19.8. The highest BCUT2D eigenvalue weighted by molar-refractivity contribution is 6.32. The largest absolute Gasteiger partial charge is 0.459 e. The molecule has 1 fully saturated rings. The molecule has 2 amide bonds. The Bertz CT molecular complexity index is 971. The molecule has 1 aliphatic rings. The summed E-state index contributed by atoms with van der Waals surface area (Å²) in [6.45, 7) is 14.9. The van der Waals surface area contributed by atoms with E-state index in [-0.39, 0.29) is 49.5 Å². The molecule has 0 aromatic rings. The van der Waals surface area contributed by atoms with Gasteiger partial charge in [-0.15, -0.1) is 0 Å². The lowest BCUT2D eigenvalue weighted by atomic mass is 9.62. The lowest BCUT2D eigenvalue weighted by molar-refractivity contribution is -0.158. The fourth-order valence-electron chi connectivity index (χ4n) is 4.40. The summed E-state index contributed by atoms with van der Waals surface area (Å²) < 4.78 is 19.3. The minimum atomic E-state index is -1.11. The van der Waals surface area contributed by atoms with E-state index in [9.17, 15) is 28.8 Å². The van der Waals surface area contributed by atoms with Crippen LogP contribution >= 0.6 is 0 Å². The molecule has 0 radical (unpaired) electrons. The van der Waals surface area contributed by atoms with Gasteiger partial charge < -0.3 is 29.6 Å². The van der Waals surface area contributed by atoms with E-state index in [1.54, 1.807) is 0 Å². The Kier molecular flexibility index (Phi) is 12.2. The maximum Gasteiger partial charge on any atom is 0.396 e. The summed E-state index contributed by atoms with van der Waals surface area (Å²) >= 11 is 0. The third kappa shape index (κ3) is 11.6. The topological polar surface area (TPSA) is 163 Å². The summed E-state index contributed by atoms with van der Waals surface area (Å²) in [7, 11) is 0. The second-order valence-electron chi connectivity index (χ2n) is 10.5. The molecule has 12 heteroatoms. The molecule has 1 saturated carbocycles. The van der Waals surface area contributed by atoms with Crippen molar-refractivity contribution in [2.45, 2.75) is 59.9 Å². The second kappa shape index (κ2) is 14.3. The number of carbonyl (C=O) groups excluding carboxylic acids is 6. The first kappa shape index (κ1) is 32.3. The van der Waals surface area contributed by atoms with Gasteiger partial charge in [0.2, 0.25) is 0 Å². The molecule has 0 heterocycles. The van der Waals surface area contributed by atoms with Crippen LogP contribution < -0.4 is 10.6 Å². The first-order chi connectivity index (χ1) is 17.5. The minimum Gasteiger partial charge on any atom is -0.459 e. The molecule has 0 bridgehead atoms. The molecule has 38 heavy (non-hydrogen) atoms. The van der Waals surface area contributed by atoms with Gasteiger partial charge in [-0.1, -0.05) is 33.9 Å². The predicted molar refractivity (Wildman–Crippen MR) is 134 cm³/mol. The third-order valence-corrected chi connectivity index (χ3v) is 5.62. The monoisotopic (exact) mass is 538 g/mol. The molecular formula is C26H38N2O10. The van der Waals surface area contributed by atoms with Gasteiger partial charge in [0.1, 0.15) is 26.4 Å². The molecule has 12 nitrogen and oxygen atoms in total. The molecule has 2 unspecified atom stereocenters. The average molecular weight is 539 g/mol. The number of rotatable bonds is 11. The molecule has 0 aromatic carbocycles. The van der Waals surface area contributed by atoms with Gasteiger partial charge in [-0.05, 0) is 43.9 Å². The third-order valence-electron chi connectivity index (χ3n) is 5.62. The number of hydrogen-bond acceptors (Lipinski definition) is 10. The van der Waals surface area contributed by atoms with Crippen molar-refractivity contribution in [1.29, 1.82) is 0 Å². The Morgan fingerprint density at radius 1 is 0.711 bits per heavy atom. The Hall–Kier alpha value is -3.70. The first-order valence-electron chi connectivity index (χ1n) is 12.1.